The SMILES string of the molecule is CC.CC.O=C1Nc2ccccc2S1(=O)=O. The summed E-state index contributed by atoms with van der Waals surface area (Å²) < 4.78 is 22.3. The van der Waals surface area contributed by atoms with Crippen molar-refractivity contribution >= 4 is 20.8 Å². The first-order valence-electron chi connectivity index (χ1n) is 5.27. The molecule has 0 bridgehead atoms. The largest absolute Gasteiger partial charge is 0.345 e. The molecule has 1 aromatic carbocycles. The van der Waals surface area contributed by atoms with Crippen LogP contribution < -0.4 is 5.32 Å². The molecule has 0 fully saturated rings. The third-order valence-corrected chi connectivity index (χ3v) is 3.18. The molecular formula is C11H17NO3S. The lowest BCUT2D eigenvalue weighted by molar-refractivity contribution is 0.268. The quantitative estimate of drug-likeness (QED) is 0.761. The molecule has 0 aromatic heterocycles. The second-order valence-electron chi connectivity index (χ2n) is 2.41. The fraction of sp³-hybridized carbons (Fsp3) is 0.364. The van der Waals surface area contributed by atoms with Crippen molar-refractivity contribution in [2.24, 2.45) is 0 Å². The Balaban J connectivity index is 0.000000509. The Morgan fingerprint density at radius 1 is 1.00 bits per heavy atom. The first-order valence-corrected chi connectivity index (χ1v) is 6.76. The van der Waals surface area contributed by atoms with Gasteiger partial charge in [0, 0.05) is 0 Å². The van der Waals surface area contributed by atoms with Crippen LogP contribution in [0.5, 0.6) is 0 Å². The number of sulfone groups is 1. The molecule has 0 spiro atoms. The van der Waals surface area contributed by atoms with Crippen LogP contribution in [-0.4, -0.2) is 13.7 Å². The van der Waals surface area contributed by atoms with Gasteiger partial charge in [0.25, 0.3) is 9.84 Å². The van der Waals surface area contributed by atoms with Crippen molar-refractivity contribution in [1.82, 2.24) is 0 Å². The standard InChI is InChI=1S/C7H5NO3S.2C2H6/c9-7-8-5-3-1-2-4-6(5)12(7,10)11;2*1-2/h1-4H,(H,8,9);2*1-2H3. The van der Waals surface area contributed by atoms with Gasteiger partial charge >= 0.3 is 5.24 Å². The predicted molar refractivity (Wildman–Crippen MR) is 65.3 cm³/mol. The van der Waals surface area contributed by atoms with Crippen LogP contribution in [0.25, 0.3) is 0 Å². The molecule has 1 heterocycles. The first-order chi connectivity index (χ1) is 7.62. The molecule has 0 aliphatic carbocycles. The van der Waals surface area contributed by atoms with E-state index in [4.69, 9.17) is 0 Å². The molecule has 0 radical (unpaired) electrons. The minimum Gasteiger partial charge on any atom is -0.311 e. The number of fused-ring (bicyclic) bond motifs is 1. The summed E-state index contributed by atoms with van der Waals surface area (Å²) in [5.41, 5.74) is 0.363. The Labute approximate surface area is 96.6 Å². The van der Waals surface area contributed by atoms with Crippen molar-refractivity contribution in [3.63, 3.8) is 0 Å². The highest BCUT2D eigenvalue weighted by molar-refractivity contribution is 8.07. The van der Waals surface area contributed by atoms with Crippen molar-refractivity contribution in [1.29, 1.82) is 0 Å². The van der Waals surface area contributed by atoms with E-state index in [2.05, 4.69) is 5.32 Å². The van der Waals surface area contributed by atoms with E-state index in [1.165, 1.54) is 6.07 Å². The van der Waals surface area contributed by atoms with Gasteiger partial charge in [0.05, 0.1) is 5.69 Å². The fourth-order valence-corrected chi connectivity index (χ4v) is 2.19. The highest BCUT2D eigenvalue weighted by atomic mass is 32.2. The fourth-order valence-electron chi connectivity index (χ4n) is 1.08. The molecule has 1 amide bonds. The Bertz CT molecular complexity index is 452. The maximum Gasteiger partial charge on any atom is 0.345 e. The van der Waals surface area contributed by atoms with Crippen LogP contribution >= 0.6 is 0 Å². The van der Waals surface area contributed by atoms with Gasteiger partial charge in [-0.05, 0) is 12.1 Å². The van der Waals surface area contributed by atoms with Gasteiger partial charge < -0.3 is 5.32 Å². The number of para-hydroxylation sites is 1. The van der Waals surface area contributed by atoms with E-state index in [9.17, 15) is 13.2 Å². The minimum atomic E-state index is -3.73. The van der Waals surface area contributed by atoms with Crippen LogP contribution in [0, 0.1) is 0 Å². The van der Waals surface area contributed by atoms with E-state index in [1.807, 2.05) is 27.7 Å². The van der Waals surface area contributed by atoms with Crippen LogP contribution in [0.3, 0.4) is 0 Å². The molecule has 1 aliphatic rings. The van der Waals surface area contributed by atoms with E-state index in [-0.39, 0.29) is 4.90 Å². The highest BCUT2D eigenvalue weighted by Crippen LogP contribution is 2.28. The number of amides is 1. The first kappa shape index (κ1) is 14.6. The number of hydrogen-bond donors (Lipinski definition) is 1. The Morgan fingerprint density at radius 2 is 1.50 bits per heavy atom. The van der Waals surface area contributed by atoms with Gasteiger partial charge in [-0.3, -0.25) is 4.79 Å². The average molecular weight is 243 g/mol. The van der Waals surface area contributed by atoms with E-state index in [0.717, 1.165) is 0 Å². The van der Waals surface area contributed by atoms with Gasteiger partial charge in [-0.25, -0.2) is 8.42 Å². The number of nitrogens with one attached hydrogen (secondary N) is 1. The zero-order chi connectivity index (χ0) is 12.8. The monoisotopic (exact) mass is 243 g/mol. The number of benzene rings is 1. The van der Waals surface area contributed by atoms with Crippen molar-refractivity contribution in [3.8, 4) is 0 Å². The summed E-state index contributed by atoms with van der Waals surface area (Å²) in [6, 6.07) is 6.21. The maximum atomic E-state index is 11.2. The van der Waals surface area contributed by atoms with Crippen LogP contribution in [0.15, 0.2) is 29.2 Å². The maximum absolute atomic E-state index is 11.2. The second-order valence-corrected chi connectivity index (χ2v) is 4.23. The summed E-state index contributed by atoms with van der Waals surface area (Å²) in [6.07, 6.45) is 0. The lowest BCUT2D eigenvalue weighted by Gasteiger charge is -1.91. The zero-order valence-corrected chi connectivity index (χ0v) is 10.8. The molecule has 16 heavy (non-hydrogen) atoms. The summed E-state index contributed by atoms with van der Waals surface area (Å²) in [7, 11) is -3.73. The van der Waals surface area contributed by atoms with Gasteiger partial charge in [0.15, 0.2) is 0 Å². The molecule has 1 aromatic rings. The number of rotatable bonds is 0. The van der Waals surface area contributed by atoms with Gasteiger partial charge in [0.2, 0.25) is 0 Å². The van der Waals surface area contributed by atoms with Gasteiger partial charge in [-0.2, -0.15) is 0 Å². The molecular weight excluding hydrogens is 226 g/mol. The highest BCUT2D eigenvalue weighted by Gasteiger charge is 2.34. The molecule has 90 valence electrons. The lowest BCUT2D eigenvalue weighted by atomic mass is 10.3. The summed E-state index contributed by atoms with van der Waals surface area (Å²) in [5, 5.41) is 1.32. The van der Waals surface area contributed by atoms with E-state index >= 15 is 0 Å². The van der Waals surface area contributed by atoms with Gasteiger partial charge in [-0.1, -0.05) is 39.8 Å². The van der Waals surface area contributed by atoms with Crippen LogP contribution in [0.4, 0.5) is 10.5 Å². The molecule has 1 N–H and O–H groups in total. The normalized spacial score (nSPS) is 14.6. The van der Waals surface area contributed by atoms with Crippen LogP contribution in [0.2, 0.25) is 0 Å². The Morgan fingerprint density at radius 3 is 2.00 bits per heavy atom. The van der Waals surface area contributed by atoms with Crippen LogP contribution in [0.1, 0.15) is 27.7 Å². The molecule has 1 aliphatic heterocycles. The Kier molecular flexibility index (Phi) is 5.74. The van der Waals surface area contributed by atoms with Crippen molar-refractivity contribution in [3.05, 3.63) is 24.3 Å². The summed E-state index contributed by atoms with van der Waals surface area (Å²) >= 11 is 0. The topological polar surface area (TPSA) is 63.2 Å². The second kappa shape index (κ2) is 6.27. The minimum absolute atomic E-state index is 0.0648. The molecule has 5 heteroatoms. The van der Waals surface area contributed by atoms with Crippen molar-refractivity contribution in [2.75, 3.05) is 5.32 Å². The van der Waals surface area contributed by atoms with E-state index < -0.39 is 15.1 Å². The van der Waals surface area contributed by atoms with Crippen LogP contribution in [-0.2, 0) is 9.84 Å². The Hall–Kier alpha value is -1.36. The van der Waals surface area contributed by atoms with E-state index in [1.54, 1.807) is 18.2 Å². The molecule has 0 saturated heterocycles. The number of anilines is 1. The smallest absolute Gasteiger partial charge is 0.311 e. The van der Waals surface area contributed by atoms with Crippen molar-refractivity contribution in [2.45, 2.75) is 32.6 Å². The predicted octanol–water partition coefficient (Wildman–Crippen LogP) is 3.06. The van der Waals surface area contributed by atoms with E-state index in [0.29, 0.717) is 5.69 Å². The molecule has 4 nitrogen and oxygen atoms in total. The third kappa shape index (κ3) is 2.61. The summed E-state index contributed by atoms with van der Waals surface area (Å²) in [4.78, 5) is 10.9. The zero-order valence-electron chi connectivity index (χ0n) is 9.94. The van der Waals surface area contributed by atoms with Gasteiger partial charge in [-0.15, -0.1) is 0 Å². The summed E-state index contributed by atoms with van der Waals surface area (Å²) in [6.45, 7) is 8.00. The molecule has 0 saturated carbocycles. The van der Waals surface area contributed by atoms with Crippen molar-refractivity contribution < 1.29 is 13.2 Å². The molecule has 0 atom stereocenters. The van der Waals surface area contributed by atoms with Gasteiger partial charge in [0.1, 0.15) is 4.90 Å². The number of carbonyl (C=O) groups is 1. The lowest BCUT2D eigenvalue weighted by Crippen LogP contribution is -2.11. The third-order valence-electron chi connectivity index (χ3n) is 1.66. The molecule has 2 rings (SSSR count). The number of carbonyl (C=O) groups excluding carboxylic acids is 1. The summed E-state index contributed by atoms with van der Waals surface area (Å²) in [5.74, 6) is 0. The average Bonchev–Trinajstić information content (AvgIpc) is 2.56. The molecule has 0 unspecified atom stereocenters. The number of hydrogen-bond acceptors (Lipinski definition) is 3.